The molecule has 6 nitrogen and oxygen atoms in total. The fourth-order valence-corrected chi connectivity index (χ4v) is 4.23. The molecule has 2 aromatic rings. The second kappa shape index (κ2) is 8.89. The number of halogens is 1. The number of hydrogen-bond donors (Lipinski definition) is 2. The molecular formula is C17H24ClN4O2S+. The number of aromatic amines is 1. The Morgan fingerprint density at radius 1 is 1.48 bits per heavy atom. The highest BCUT2D eigenvalue weighted by molar-refractivity contribution is 7.99. The molecule has 2 N–H and O–H groups in total. The third-order valence-corrected chi connectivity index (χ3v) is 5.77. The first-order chi connectivity index (χ1) is 12.2. The molecule has 1 unspecified atom stereocenters. The Morgan fingerprint density at radius 3 is 3.12 bits per heavy atom. The molecule has 0 saturated carbocycles. The lowest BCUT2D eigenvalue weighted by Gasteiger charge is -2.30. The summed E-state index contributed by atoms with van der Waals surface area (Å²) in [6.45, 7) is 6.30. The second-order valence-corrected chi connectivity index (χ2v) is 7.63. The van der Waals surface area contributed by atoms with Crippen LogP contribution in [0.4, 0.5) is 0 Å². The number of ether oxygens (including phenoxy) is 1. The van der Waals surface area contributed by atoms with Crippen LogP contribution in [0.15, 0.2) is 34.2 Å². The summed E-state index contributed by atoms with van der Waals surface area (Å²) in [4.78, 5) is 13.2. The largest absolute Gasteiger partial charge is 0.366 e. The van der Waals surface area contributed by atoms with Crippen molar-refractivity contribution >= 4 is 23.4 Å². The van der Waals surface area contributed by atoms with Gasteiger partial charge in [0.1, 0.15) is 25.7 Å². The van der Waals surface area contributed by atoms with Crippen LogP contribution in [0, 0.1) is 0 Å². The summed E-state index contributed by atoms with van der Waals surface area (Å²) in [5.74, 6) is 0.792. The molecule has 0 amide bonds. The standard InChI is InChI=1S/C17H23ClN4O2S/c1-2-7-22-16(23)19-20-17(22)25-12-14-11-21(8-9-24-14)10-13-5-3-4-6-15(13)18/h3-6,14H,2,7-12H2,1H3,(H,19,23)/p+1/t14-/m1/s1. The van der Waals surface area contributed by atoms with E-state index in [0.717, 1.165) is 48.6 Å². The summed E-state index contributed by atoms with van der Waals surface area (Å²) in [7, 11) is 0. The minimum Gasteiger partial charge on any atom is -0.366 e. The van der Waals surface area contributed by atoms with Crippen LogP contribution in [0.2, 0.25) is 5.02 Å². The molecule has 1 aromatic carbocycles. The first-order valence-electron chi connectivity index (χ1n) is 8.64. The van der Waals surface area contributed by atoms with Crippen LogP contribution in [0.25, 0.3) is 0 Å². The third-order valence-electron chi connectivity index (χ3n) is 4.29. The van der Waals surface area contributed by atoms with Gasteiger partial charge in [0.15, 0.2) is 5.16 Å². The van der Waals surface area contributed by atoms with Gasteiger partial charge < -0.3 is 9.64 Å². The van der Waals surface area contributed by atoms with E-state index in [1.165, 1.54) is 10.5 Å². The van der Waals surface area contributed by atoms with Gasteiger partial charge in [-0.1, -0.05) is 48.5 Å². The maximum atomic E-state index is 11.8. The van der Waals surface area contributed by atoms with Crippen molar-refractivity contribution in [2.45, 2.75) is 37.7 Å². The van der Waals surface area contributed by atoms with Gasteiger partial charge in [0.25, 0.3) is 0 Å². The van der Waals surface area contributed by atoms with Crippen molar-refractivity contribution in [1.82, 2.24) is 14.8 Å². The summed E-state index contributed by atoms with van der Waals surface area (Å²) in [6, 6.07) is 8.01. The monoisotopic (exact) mass is 383 g/mol. The molecule has 1 aromatic heterocycles. The Balaban J connectivity index is 1.55. The minimum absolute atomic E-state index is 0.139. The van der Waals surface area contributed by atoms with Crippen LogP contribution in [-0.2, 0) is 17.8 Å². The SMILES string of the molecule is CCCn1c(SC[C@H]2C[NH+](Cc3ccccc3Cl)CCO2)n[nH]c1=O. The Morgan fingerprint density at radius 2 is 2.32 bits per heavy atom. The molecule has 2 atom stereocenters. The van der Waals surface area contributed by atoms with E-state index in [0.29, 0.717) is 6.54 Å². The smallest absolute Gasteiger partial charge is 0.343 e. The predicted octanol–water partition coefficient (Wildman–Crippen LogP) is 1.21. The number of nitrogens with one attached hydrogen (secondary N) is 2. The van der Waals surface area contributed by atoms with Gasteiger partial charge in [0, 0.05) is 22.9 Å². The lowest BCUT2D eigenvalue weighted by molar-refractivity contribution is -0.924. The van der Waals surface area contributed by atoms with Crippen molar-refractivity contribution in [3.05, 3.63) is 45.3 Å². The summed E-state index contributed by atoms with van der Waals surface area (Å²) in [5.41, 5.74) is 1.04. The van der Waals surface area contributed by atoms with Crippen molar-refractivity contribution in [3.8, 4) is 0 Å². The summed E-state index contributed by atoms with van der Waals surface area (Å²) in [6.07, 6.45) is 1.06. The quantitative estimate of drug-likeness (QED) is 0.705. The fraction of sp³-hybridized carbons (Fsp3) is 0.529. The average Bonchev–Trinajstić information content (AvgIpc) is 2.96. The number of hydrogen-bond acceptors (Lipinski definition) is 4. The van der Waals surface area contributed by atoms with Crippen LogP contribution in [0.1, 0.15) is 18.9 Å². The molecule has 3 rings (SSSR count). The van der Waals surface area contributed by atoms with Gasteiger partial charge in [-0.3, -0.25) is 4.57 Å². The van der Waals surface area contributed by atoms with Crippen molar-refractivity contribution in [3.63, 3.8) is 0 Å². The highest BCUT2D eigenvalue weighted by Gasteiger charge is 2.25. The van der Waals surface area contributed by atoms with Crippen LogP contribution in [0.3, 0.4) is 0 Å². The number of nitrogens with zero attached hydrogens (tertiary/aromatic N) is 2. The normalized spacial score (nSPS) is 20.7. The number of benzene rings is 1. The van der Waals surface area contributed by atoms with Crippen LogP contribution < -0.4 is 10.6 Å². The topological polar surface area (TPSA) is 64.3 Å². The first-order valence-corrected chi connectivity index (χ1v) is 10.00. The molecule has 0 radical (unpaired) electrons. The highest BCUT2D eigenvalue weighted by Crippen LogP contribution is 2.17. The predicted molar refractivity (Wildman–Crippen MR) is 99.5 cm³/mol. The van der Waals surface area contributed by atoms with Crippen LogP contribution in [0.5, 0.6) is 0 Å². The Hall–Kier alpha value is -1.28. The molecule has 0 aliphatic carbocycles. The van der Waals surface area contributed by atoms with Crippen molar-refractivity contribution in [2.24, 2.45) is 0 Å². The van der Waals surface area contributed by atoms with E-state index in [4.69, 9.17) is 16.3 Å². The number of H-pyrrole nitrogens is 1. The highest BCUT2D eigenvalue weighted by atomic mass is 35.5. The van der Waals surface area contributed by atoms with Crippen LogP contribution >= 0.6 is 23.4 Å². The van der Waals surface area contributed by atoms with E-state index < -0.39 is 0 Å². The molecule has 2 heterocycles. The summed E-state index contributed by atoms with van der Waals surface area (Å²) >= 11 is 7.86. The second-order valence-electron chi connectivity index (χ2n) is 6.24. The van der Waals surface area contributed by atoms with Crippen LogP contribution in [-0.4, -0.2) is 46.3 Å². The molecule has 25 heavy (non-hydrogen) atoms. The number of thioether (sulfide) groups is 1. The molecule has 1 fully saturated rings. The van der Waals surface area contributed by atoms with E-state index >= 15 is 0 Å². The van der Waals surface area contributed by atoms with E-state index in [1.54, 1.807) is 16.3 Å². The molecular weight excluding hydrogens is 360 g/mol. The minimum atomic E-state index is -0.139. The fourth-order valence-electron chi connectivity index (χ4n) is 3.03. The van der Waals surface area contributed by atoms with E-state index in [9.17, 15) is 4.79 Å². The molecule has 0 bridgehead atoms. The number of aromatic nitrogens is 3. The zero-order valence-corrected chi connectivity index (χ0v) is 15.9. The Labute approximate surface area is 156 Å². The zero-order chi connectivity index (χ0) is 17.6. The van der Waals surface area contributed by atoms with E-state index in [2.05, 4.69) is 16.3 Å². The summed E-state index contributed by atoms with van der Waals surface area (Å²) in [5, 5.41) is 8.23. The molecule has 1 saturated heterocycles. The van der Waals surface area contributed by atoms with Gasteiger partial charge in [-0.05, 0) is 12.5 Å². The van der Waals surface area contributed by atoms with E-state index in [-0.39, 0.29) is 11.8 Å². The van der Waals surface area contributed by atoms with Crippen molar-refractivity contribution < 1.29 is 9.64 Å². The Bertz CT molecular complexity index is 748. The number of morpholine rings is 1. The molecule has 8 heteroatoms. The molecule has 0 spiro atoms. The average molecular weight is 384 g/mol. The summed E-state index contributed by atoms with van der Waals surface area (Å²) < 4.78 is 7.60. The lowest BCUT2D eigenvalue weighted by atomic mass is 10.2. The van der Waals surface area contributed by atoms with Gasteiger partial charge in [-0.15, -0.1) is 5.10 Å². The maximum Gasteiger partial charge on any atom is 0.343 e. The first kappa shape index (κ1) is 18.5. The number of rotatable bonds is 7. The van der Waals surface area contributed by atoms with Gasteiger partial charge in [0.05, 0.1) is 6.61 Å². The van der Waals surface area contributed by atoms with Crippen molar-refractivity contribution in [2.75, 3.05) is 25.4 Å². The molecule has 1 aliphatic heterocycles. The molecule has 136 valence electrons. The maximum absolute atomic E-state index is 11.8. The van der Waals surface area contributed by atoms with Gasteiger partial charge in [-0.2, -0.15) is 0 Å². The van der Waals surface area contributed by atoms with Gasteiger partial charge in [0.2, 0.25) is 0 Å². The Kier molecular flexibility index (Phi) is 6.58. The van der Waals surface area contributed by atoms with Gasteiger partial charge in [-0.25, -0.2) is 9.89 Å². The zero-order valence-electron chi connectivity index (χ0n) is 14.3. The van der Waals surface area contributed by atoms with Gasteiger partial charge >= 0.3 is 5.69 Å². The number of quaternary nitrogens is 1. The van der Waals surface area contributed by atoms with Crippen molar-refractivity contribution in [1.29, 1.82) is 0 Å². The van der Waals surface area contributed by atoms with E-state index in [1.807, 2.05) is 25.1 Å². The lowest BCUT2D eigenvalue weighted by Crippen LogP contribution is -3.13. The third kappa shape index (κ3) is 4.88. The molecule has 1 aliphatic rings.